The number of aromatic nitrogens is 2. The van der Waals surface area contributed by atoms with Crippen molar-refractivity contribution in [2.24, 2.45) is 0 Å². The Kier molecular flexibility index (Phi) is 6.23. The van der Waals surface area contributed by atoms with Crippen molar-refractivity contribution in [1.29, 1.82) is 0 Å². The van der Waals surface area contributed by atoms with Crippen LogP contribution in [0.5, 0.6) is 0 Å². The number of rotatable bonds is 8. The zero-order chi connectivity index (χ0) is 15.1. The molecule has 1 N–H and O–H groups in total. The van der Waals surface area contributed by atoms with E-state index >= 15 is 0 Å². The third-order valence-electron chi connectivity index (χ3n) is 3.29. The predicted molar refractivity (Wildman–Crippen MR) is 86.2 cm³/mol. The Labute approximate surface area is 131 Å². The molecule has 2 rings (SSSR count). The fourth-order valence-electron chi connectivity index (χ4n) is 2.29. The van der Waals surface area contributed by atoms with Gasteiger partial charge < -0.3 is 10.1 Å². The van der Waals surface area contributed by atoms with Crippen LogP contribution in [0.1, 0.15) is 24.6 Å². The predicted octanol–water partition coefficient (Wildman–Crippen LogP) is 3.21. The zero-order valence-electron chi connectivity index (χ0n) is 12.6. The van der Waals surface area contributed by atoms with E-state index in [1.807, 2.05) is 35.1 Å². The first-order chi connectivity index (χ1) is 10.3. The topological polar surface area (TPSA) is 39.1 Å². The SMILES string of the molecule is CCCc1c(CNCCOC)cnn1-c1cccc(Cl)c1. The Morgan fingerprint density at radius 2 is 2.24 bits per heavy atom. The molecule has 0 radical (unpaired) electrons. The molecule has 0 aliphatic rings. The van der Waals surface area contributed by atoms with Crippen molar-refractivity contribution in [3.8, 4) is 5.69 Å². The lowest BCUT2D eigenvalue weighted by atomic mass is 10.1. The molecule has 2 aromatic rings. The van der Waals surface area contributed by atoms with Gasteiger partial charge in [0.2, 0.25) is 0 Å². The molecular formula is C16H22ClN3O. The van der Waals surface area contributed by atoms with E-state index in [9.17, 15) is 0 Å². The normalized spacial score (nSPS) is 11.0. The largest absolute Gasteiger partial charge is 0.383 e. The van der Waals surface area contributed by atoms with Crippen molar-refractivity contribution in [3.05, 3.63) is 46.7 Å². The molecule has 0 fully saturated rings. The van der Waals surface area contributed by atoms with Crippen LogP contribution in [0.25, 0.3) is 5.69 Å². The van der Waals surface area contributed by atoms with Gasteiger partial charge in [-0.25, -0.2) is 4.68 Å². The van der Waals surface area contributed by atoms with E-state index < -0.39 is 0 Å². The first-order valence-corrected chi connectivity index (χ1v) is 7.65. The van der Waals surface area contributed by atoms with Gasteiger partial charge in [0.1, 0.15) is 0 Å². The minimum absolute atomic E-state index is 0.714. The van der Waals surface area contributed by atoms with Crippen LogP contribution in [0.4, 0.5) is 0 Å². The molecule has 0 aliphatic heterocycles. The van der Waals surface area contributed by atoms with Crippen LogP contribution >= 0.6 is 11.6 Å². The molecule has 1 aromatic heterocycles. The Morgan fingerprint density at radius 3 is 2.95 bits per heavy atom. The average Bonchev–Trinajstić information content (AvgIpc) is 2.87. The molecule has 0 amide bonds. The number of hydrogen-bond donors (Lipinski definition) is 1. The summed E-state index contributed by atoms with van der Waals surface area (Å²) in [7, 11) is 1.71. The molecule has 1 aromatic carbocycles. The fourth-order valence-corrected chi connectivity index (χ4v) is 2.47. The lowest BCUT2D eigenvalue weighted by Gasteiger charge is -2.10. The number of nitrogens with one attached hydrogen (secondary N) is 1. The summed E-state index contributed by atoms with van der Waals surface area (Å²) < 4.78 is 7.04. The van der Waals surface area contributed by atoms with Gasteiger partial charge in [-0.15, -0.1) is 0 Å². The van der Waals surface area contributed by atoms with E-state index in [-0.39, 0.29) is 0 Å². The van der Waals surface area contributed by atoms with Crippen LogP contribution in [0.2, 0.25) is 5.02 Å². The summed E-state index contributed by atoms with van der Waals surface area (Å²) in [6, 6.07) is 7.79. The van der Waals surface area contributed by atoms with E-state index in [1.165, 1.54) is 11.3 Å². The highest BCUT2D eigenvalue weighted by atomic mass is 35.5. The minimum Gasteiger partial charge on any atom is -0.383 e. The highest BCUT2D eigenvalue weighted by molar-refractivity contribution is 6.30. The third-order valence-corrected chi connectivity index (χ3v) is 3.53. The summed E-state index contributed by atoms with van der Waals surface area (Å²) in [6.07, 6.45) is 4.01. The minimum atomic E-state index is 0.714. The van der Waals surface area contributed by atoms with Gasteiger partial charge >= 0.3 is 0 Å². The molecule has 0 atom stereocenters. The van der Waals surface area contributed by atoms with E-state index in [0.29, 0.717) is 6.61 Å². The van der Waals surface area contributed by atoms with Crippen LogP contribution in [0.3, 0.4) is 0 Å². The zero-order valence-corrected chi connectivity index (χ0v) is 13.4. The molecule has 1 heterocycles. The van der Waals surface area contributed by atoms with Crippen molar-refractivity contribution >= 4 is 11.6 Å². The Hall–Kier alpha value is -1.36. The molecule has 0 saturated carbocycles. The summed E-state index contributed by atoms with van der Waals surface area (Å²) in [5.74, 6) is 0. The summed E-state index contributed by atoms with van der Waals surface area (Å²) in [4.78, 5) is 0. The summed E-state index contributed by atoms with van der Waals surface area (Å²) in [6.45, 7) is 4.53. The molecule has 4 nitrogen and oxygen atoms in total. The maximum absolute atomic E-state index is 6.08. The van der Waals surface area contributed by atoms with E-state index in [2.05, 4.69) is 17.3 Å². The van der Waals surface area contributed by atoms with Gasteiger partial charge in [-0.2, -0.15) is 5.10 Å². The Bertz CT molecular complexity index is 568. The quantitative estimate of drug-likeness (QED) is 0.761. The summed E-state index contributed by atoms with van der Waals surface area (Å²) >= 11 is 6.08. The average molecular weight is 308 g/mol. The van der Waals surface area contributed by atoms with E-state index in [0.717, 1.165) is 36.6 Å². The fraction of sp³-hybridized carbons (Fsp3) is 0.438. The highest BCUT2D eigenvalue weighted by Gasteiger charge is 2.11. The molecule has 0 aliphatic carbocycles. The number of nitrogens with zero attached hydrogens (tertiary/aromatic N) is 2. The summed E-state index contributed by atoms with van der Waals surface area (Å²) in [5, 5.41) is 8.63. The maximum Gasteiger partial charge on any atom is 0.0663 e. The van der Waals surface area contributed by atoms with Gasteiger partial charge in [0.15, 0.2) is 0 Å². The van der Waals surface area contributed by atoms with Gasteiger partial charge in [0.05, 0.1) is 18.5 Å². The Balaban J connectivity index is 2.20. The van der Waals surface area contributed by atoms with Crippen molar-refractivity contribution < 1.29 is 4.74 Å². The molecule has 0 saturated heterocycles. The molecule has 0 bridgehead atoms. The first kappa shape index (κ1) is 16.0. The van der Waals surface area contributed by atoms with Crippen LogP contribution in [0.15, 0.2) is 30.5 Å². The molecular weight excluding hydrogens is 286 g/mol. The standard InChI is InChI=1S/C16H22ClN3O/c1-3-5-16-13(11-18-8-9-21-2)12-19-20(16)15-7-4-6-14(17)10-15/h4,6-7,10,12,18H,3,5,8-9,11H2,1-2H3. The van der Waals surface area contributed by atoms with E-state index in [1.54, 1.807) is 7.11 Å². The number of methoxy groups -OCH3 is 1. The second kappa shape index (κ2) is 8.17. The van der Waals surface area contributed by atoms with Crippen LogP contribution in [-0.4, -0.2) is 30.0 Å². The molecule has 114 valence electrons. The molecule has 0 unspecified atom stereocenters. The van der Waals surface area contributed by atoms with Gasteiger partial charge in [-0.1, -0.05) is 31.0 Å². The lowest BCUT2D eigenvalue weighted by molar-refractivity contribution is 0.199. The Morgan fingerprint density at radius 1 is 1.38 bits per heavy atom. The van der Waals surface area contributed by atoms with Crippen LogP contribution in [0, 0.1) is 0 Å². The smallest absolute Gasteiger partial charge is 0.0663 e. The van der Waals surface area contributed by atoms with E-state index in [4.69, 9.17) is 16.3 Å². The number of benzene rings is 1. The number of hydrogen-bond acceptors (Lipinski definition) is 3. The second-order valence-electron chi connectivity index (χ2n) is 4.93. The highest BCUT2D eigenvalue weighted by Crippen LogP contribution is 2.19. The van der Waals surface area contributed by atoms with Gasteiger partial charge in [0.25, 0.3) is 0 Å². The van der Waals surface area contributed by atoms with Gasteiger partial charge in [-0.3, -0.25) is 0 Å². The van der Waals surface area contributed by atoms with Crippen LogP contribution < -0.4 is 5.32 Å². The van der Waals surface area contributed by atoms with Crippen molar-refractivity contribution in [1.82, 2.24) is 15.1 Å². The van der Waals surface area contributed by atoms with Crippen molar-refractivity contribution in [2.75, 3.05) is 20.3 Å². The summed E-state index contributed by atoms with van der Waals surface area (Å²) in [5.41, 5.74) is 3.48. The third kappa shape index (κ3) is 4.30. The van der Waals surface area contributed by atoms with Crippen LogP contribution in [-0.2, 0) is 17.7 Å². The van der Waals surface area contributed by atoms with Gasteiger partial charge in [0, 0.05) is 36.5 Å². The maximum atomic E-state index is 6.08. The number of halogens is 1. The molecule has 5 heteroatoms. The first-order valence-electron chi connectivity index (χ1n) is 7.27. The van der Waals surface area contributed by atoms with Crippen molar-refractivity contribution in [3.63, 3.8) is 0 Å². The molecule has 21 heavy (non-hydrogen) atoms. The molecule has 0 spiro atoms. The lowest BCUT2D eigenvalue weighted by Crippen LogP contribution is -2.19. The monoisotopic (exact) mass is 307 g/mol. The van der Waals surface area contributed by atoms with Gasteiger partial charge in [-0.05, 0) is 24.6 Å². The second-order valence-corrected chi connectivity index (χ2v) is 5.36. The van der Waals surface area contributed by atoms with Crippen molar-refractivity contribution in [2.45, 2.75) is 26.3 Å². The number of ether oxygens (including phenoxy) is 1.